The van der Waals surface area contributed by atoms with Gasteiger partial charge < -0.3 is 4.90 Å². The first-order valence-electron chi connectivity index (χ1n) is 6.61. The highest BCUT2D eigenvalue weighted by Crippen LogP contribution is 2.23. The van der Waals surface area contributed by atoms with E-state index in [4.69, 9.17) is 11.6 Å². The summed E-state index contributed by atoms with van der Waals surface area (Å²) in [6.07, 6.45) is 0. The minimum Gasteiger partial charge on any atom is -0.347 e. The molecule has 0 spiro atoms. The van der Waals surface area contributed by atoms with E-state index in [-0.39, 0.29) is 0 Å². The summed E-state index contributed by atoms with van der Waals surface area (Å²) in [4.78, 5) is 6.56. The van der Waals surface area contributed by atoms with Crippen LogP contribution in [0.15, 0.2) is 54.6 Å². The van der Waals surface area contributed by atoms with E-state index in [9.17, 15) is 0 Å². The van der Waals surface area contributed by atoms with Crippen molar-refractivity contribution in [2.24, 2.45) is 0 Å². The Kier molecular flexibility index (Phi) is 3.62. The van der Waals surface area contributed by atoms with E-state index in [1.807, 2.05) is 78.3 Å². The molecule has 1 aromatic heterocycles. The highest BCUT2D eigenvalue weighted by atomic mass is 35.5. The lowest BCUT2D eigenvalue weighted by molar-refractivity contribution is 0.851. The minimum atomic E-state index is 0.680. The number of rotatable bonds is 3. The number of anilines is 1. The third-order valence-corrected chi connectivity index (χ3v) is 3.35. The Labute approximate surface area is 128 Å². The van der Waals surface area contributed by atoms with E-state index in [1.165, 1.54) is 0 Å². The lowest BCUT2D eigenvalue weighted by Crippen LogP contribution is -2.15. The van der Waals surface area contributed by atoms with Crippen LogP contribution in [-0.2, 0) is 0 Å². The zero-order valence-corrected chi connectivity index (χ0v) is 12.6. The van der Waals surface area contributed by atoms with Crippen LogP contribution in [-0.4, -0.2) is 28.9 Å². The predicted molar refractivity (Wildman–Crippen MR) is 86.1 cm³/mol. The average molecular weight is 299 g/mol. The van der Waals surface area contributed by atoms with Gasteiger partial charge in [0.2, 0.25) is 5.95 Å². The molecule has 0 atom stereocenters. The van der Waals surface area contributed by atoms with Crippen molar-refractivity contribution >= 4 is 17.5 Å². The number of halogens is 1. The van der Waals surface area contributed by atoms with Crippen molar-refractivity contribution in [1.29, 1.82) is 0 Å². The van der Waals surface area contributed by atoms with Gasteiger partial charge in [-0.2, -0.15) is 9.67 Å². The van der Waals surface area contributed by atoms with Crippen LogP contribution >= 0.6 is 11.6 Å². The van der Waals surface area contributed by atoms with Crippen LogP contribution in [0, 0.1) is 0 Å². The summed E-state index contributed by atoms with van der Waals surface area (Å²) in [5.74, 6) is 1.46. The maximum atomic E-state index is 5.93. The summed E-state index contributed by atoms with van der Waals surface area (Å²) in [7, 11) is 3.91. The van der Waals surface area contributed by atoms with Crippen LogP contribution < -0.4 is 4.90 Å². The maximum Gasteiger partial charge on any atom is 0.228 e. The van der Waals surface area contributed by atoms with E-state index in [2.05, 4.69) is 10.1 Å². The van der Waals surface area contributed by atoms with Gasteiger partial charge in [0.15, 0.2) is 5.82 Å². The lowest BCUT2D eigenvalue weighted by Gasteiger charge is -2.12. The fourth-order valence-corrected chi connectivity index (χ4v) is 2.18. The molecule has 3 aromatic rings. The Morgan fingerprint density at radius 1 is 0.952 bits per heavy atom. The first kappa shape index (κ1) is 13.6. The van der Waals surface area contributed by atoms with Crippen molar-refractivity contribution < 1.29 is 0 Å². The SMILES string of the molecule is CN(C)c1nc(-c2ccc(Cl)cc2)nn1-c1ccccc1. The quantitative estimate of drug-likeness (QED) is 0.740. The molecule has 106 valence electrons. The van der Waals surface area contributed by atoms with Gasteiger partial charge in [0.05, 0.1) is 5.69 Å². The topological polar surface area (TPSA) is 34.0 Å². The van der Waals surface area contributed by atoms with Crippen molar-refractivity contribution in [3.05, 3.63) is 59.6 Å². The molecule has 0 fully saturated rings. The lowest BCUT2D eigenvalue weighted by atomic mass is 10.2. The highest BCUT2D eigenvalue weighted by molar-refractivity contribution is 6.30. The van der Waals surface area contributed by atoms with Gasteiger partial charge in [-0.25, -0.2) is 0 Å². The molecule has 1 heterocycles. The molecule has 21 heavy (non-hydrogen) atoms. The number of benzene rings is 2. The molecule has 0 aliphatic heterocycles. The normalized spacial score (nSPS) is 10.6. The minimum absolute atomic E-state index is 0.680. The Balaban J connectivity index is 2.11. The molecule has 4 nitrogen and oxygen atoms in total. The van der Waals surface area contributed by atoms with Crippen molar-refractivity contribution in [3.8, 4) is 17.1 Å². The molecule has 5 heteroatoms. The van der Waals surface area contributed by atoms with Crippen molar-refractivity contribution in [3.63, 3.8) is 0 Å². The fourth-order valence-electron chi connectivity index (χ4n) is 2.06. The fraction of sp³-hybridized carbons (Fsp3) is 0.125. The van der Waals surface area contributed by atoms with Crippen molar-refractivity contribution in [2.75, 3.05) is 19.0 Å². The van der Waals surface area contributed by atoms with Crippen LogP contribution in [0.5, 0.6) is 0 Å². The molecule has 0 N–H and O–H groups in total. The summed E-state index contributed by atoms with van der Waals surface area (Å²) in [6, 6.07) is 17.5. The predicted octanol–water partition coefficient (Wildman–Crippen LogP) is 3.65. The van der Waals surface area contributed by atoms with Crippen LogP contribution in [0.25, 0.3) is 17.1 Å². The summed E-state index contributed by atoms with van der Waals surface area (Å²) in [5, 5.41) is 5.33. The van der Waals surface area contributed by atoms with Gasteiger partial charge in [-0.05, 0) is 36.4 Å². The van der Waals surface area contributed by atoms with Crippen LogP contribution in [0.2, 0.25) is 5.02 Å². The molecule has 0 aliphatic carbocycles. The van der Waals surface area contributed by atoms with Crippen LogP contribution in [0.4, 0.5) is 5.95 Å². The maximum absolute atomic E-state index is 5.93. The largest absolute Gasteiger partial charge is 0.347 e. The Morgan fingerprint density at radius 3 is 2.24 bits per heavy atom. The molecule has 0 bridgehead atoms. The molecule has 0 unspecified atom stereocenters. The molecule has 2 aromatic carbocycles. The van der Waals surface area contributed by atoms with E-state index < -0.39 is 0 Å². The molecule has 0 saturated heterocycles. The van der Waals surface area contributed by atoms with E-state index in [0.717, 1.165) is 17.2 Å². The average Bonchev–Trinajstić information content (AvgIpc) is 2.94. The van der Waals surface area contributed by atoms with Crippen LogP contribution in [0.1, 0.15) is 0 Å². The zero-order chi connectivity index (χ0) is 14.8. The first-order chi connectivity index (χ1) is 10.1. The van der Waals surface area contributed by atoms with E-state index in [0.29, 0.717) is 10.8 Å². The van der Waals surface area contributed by atoms with E-state index in [1.54, 1.807) is 0 Å². The summed E-state index contributed by atoms with van der Waals surface area (Å²) in [6.45, 7) is 0. The van der Waals surface area contributed by atoms with Gasteiger partial charge in [-0.15, -0.1) is 5.10 Å². The second-order valence-electron chi connectivity index (χ2n) is 4.88. The third kappa shape index (κ3) is 2.76. The van der Waals surface area contributed by atoms with Crippen molar-refractivity contribution in [1.82, 2.24) is 14.8 Å². The van der Waals surface area contributed by atoms with Gasteiger partial charge in [-0.3, -0.25) is 0 Å². The van der Waals surface area contributed by atoms with Gasteiger partial charge in [0.25, 0.3) is 0 Å². The number of hydrogen-bond acceptors (Lipinski definition) is 3. The van der Waals surface area contributed by atoms with Gasteiger partial charge in [0.1, 0.15) is 0 Å². The van der Waals surface area contributed by atoms with Gasteiger partial charge >= 0.3 is 0 Å². The van der Waals surface area contributed by atoms with E-state index >= 15 is 0 Å². The van der Waals surface area contributed by atoms with Gasteiger partial charge in [-0.1, -0.05) is 29.8 Å². The molecule has 3 rings (SSSR count). The second kappa shape index (κ2) is 5.58. The first-order valence-corrected chi connectivity index (χ1v) is 6.99. The molecular formula is C16H15ClN4. The smallest absolute Gasteiger partial charge is 0.228 e. The standard InChI is InChI=1S/C16H15ClN4/c1-20(2)16-18-15(12-8-10-13(17)11-9-12)19-21(16)14-6-4-3-5-7-14/h3-11H,1-2H3. The number of hydrogen-bond donors (Lipinski definition) is 0. The highest BCUT2D eigenvalue weighted by Gasteiger charge is 2.14. The number of aromatic nitrogens is 3. The Hall–Kier alpha value is -2.33. The third-order valence-electron chi connectivity index (χ3n) is 3.09. The summed E-state index contributed by atoms with van der Waals surface area (Å²) < 4.78 is 1.84. The molecular weight excluding hydrogens is 284 g/mol. The van der Waals surface area contributed by atoms with Crippen molar-refractivity contribution in [2.45, 2.75) is 0 Å². The molecule has 0 saturated carbocycles. The van der Waals surface area contributed by atoms with Gasteiger partial charge in [0, 0.05) is 24.7 Å². The molecule has 0 radical (unpaired) electrons. The number of para-hydroxylation sites is 1. The number of nitrogens with zero attached hydrogens (tertiary/aromatic N) is 4. The second-order valence-corrected chi connectivity index (χ2v) is 5.32. The monoisotopic (exact) mass is 298 g/mol. The summed E-state index contributed by atoms with van der Waals surface area (Å²) >= 11 is 5.93. The molecule has 0 aliphatic rings. The van der Waals surface area contributed by atoms with Crippen LogP contribution in [0.3, 0.4) is 0 Å². The Morgan fingerprint density at radius 2 is 1.62 bits per heavy atom. The summed E-state index contributed by atoms with van der Waals surface area (Å²) in [5.41, 5.74) is 1.92. The molecule has 0 amide bonds. The zero-order valence-electron chi connectivity index (χ0n) is 11.9. The Bertz CT molecular complexity index is 733.